The van der Waals surface area contributed by atoms with E-state index in [2.05, 4.69) is 15.3 Å². The third-order valence-corrected chi connectivity index (χ3v) is 5.98. The lowest BCUT2D eigenvalue weighted by molar-refractivity contribution is -0.137. The van der Waals surface area contributed by atoms with Crippen LogP contribution in [0.1, 0.15) is 17.0 Å². The van der Waals surface area contributed by atoms with Crippen molar-refractivity contribution in [3.63, 3.8) is 0 Å². The normalized spacial score (nSPS) is 14.5. The van der Waals surface area contributed by atoms with Gasteiger partial charge in [0.05, 0.1) is 17.7 Å². The van der Waals surface area contributed by atoms with Crippen molar-refractivity contribution < 1.29 is 18.0 Å². The van der Waals surface area contributed by atoms with E-state index >= 15 is 0 Å². The van der Waals surface area contributed by atoms with Crippen LogP contribution in [0.25, 0.3) is 0 Å². The van der Waals surface area contributed by atoms with Gasteiger partial charge in [-0.05, 0) is 37.3 Å². The molecule has 0 aliphatic carbocycles. The van der Waals surface area contributed by atoms with Crippen molar-refractivity contribution in [3.8, 4) is 0 Å². The first-order chi connectivity index (χ1) is 15.3. The van der Waals surface area contributed by atoms with E-state index in [4.69, 9.17) is 0 Å². The van der Waals surface area contributed by atoms with Crippen molar-refractivity contribution in [1.82, 2.24) is 14.9 Å². The molecule has 1 aliphatic heterocycles. The number of nitrogens with one attached hydrogen (secondary N) is 1. The van der Waals surface area contributed by atoms with Gasteiger partial charge in [-0.1, -0.05) is 12.1 Å². The van der Waals surface area contributed by atoms with Crippen LogP contribution in [0, 0.1) is 6.92 Å². The van der Waals surface area contributed by atoms with Crippen LogP contribution in [0.2, 0.25) is 0 Å². The number of amides is 1. The number of halogens is 3. The van der Waals surface area contributed by atoms with Crippen molar-refractivity contribution in [2.24, 2.45) is 0 Å². The van der Waals surface area contributed by atoms with Crippen molar-refractivity contribution in [2.75, 3.05) is 36.4 Å². The van der Waals surface area contributed by atoms with E-state index < -0.39 is 11.7 Å². The number of carbonyl (C=O) groups is 1. The fraction of sp³-hybridized carbons (Fsp3) is 0.318. The Morgan fingerprint density at radius 1 is 1.09 bits per heavy atom. The maximum absolute atomic E-state index is 13.0. The molecule has 6 nitrogen and oxygen atoms in total. The molecule has 168 valence electrons. The van der Waals surface area contributed by atoms with Crippen molar-refractivity contribution in [3.05, 3.63) is 64.8 Å². The van der Waals surface area contributed by atoms with E-state index in [0.29, 0.717) is 48.5 Å². The Morgan fingerprint density at radius 2 is 1.84 bits per heavy atom. The SMILES string of the molecule is Cc1cccc(Nc2nc(CC(=O)N3CCN(c4cccc(C(F)(F)F)c4)CC3)cs2)n1. The number of aromatic nitrogens is 2. The monoisotopic (exact) mass is 461 g/mol. The Morgan fingerprint density at radius 3 is 2.56 bits per heavy atom. The highest BCUT2D eigenvalue weighted by Crippen LogP contribution is 2.32. The maximum atomic E-state index is 13.0. The summed E-state index contributed by atoms with van der Waals surface area (Å²) in [5, 5.41) is 5.65. The Balaban J connectivity index is 1.31. The van der Waals surface area contributed by atoms with Gasteiger partial charge < -0.3 is 15.1 Å². The molecule has 2 aromatic heterocycles. The number of piperazine rings is 1. The zero-order valence-electron chi connectivity index (χ0n) is 17.4. The van der Waals surface area contributed by atoms with Gasteiger partial charge >= 0.3 is 6.18 Å². The van der Waals surface area contributed by atoms with Gasteiger partial charge in [0.15, 0.2) is 5.13 Å². The summed E-state index contributed by atoms with van der Waals surface area (Å²) in [6.07, 6.45) is -4.19. The van der Waals surface area contributed by atoms with E-state index in [-0.39, 0.29) is 12.3 Å². The molecule has 4 rings (SSSR count). The number of hydrogen-bond donors (Lipinski definition) is 1. The molecule has 3 aromatic rings. The first kappa shape index (κ1) is 22.1. The summed E-state index contributed by atoms with van der Waals surface area (Å²) in [5.74, 6) is 0.655. The molecule has 1 aliphatic rings. The molecule has 32 heavy (non-hydrogen) atoms. The highest BCUT2D eigenvalue weighted by Gasteiger charge is 2.31. The molecule has 1 N–H and O–H groups in total. The quantitative estimate of drug-likeness (QED) is 0.606. The molecule has 1 aromatic carbocycles. The summed E-state index contributed by atoms with van der Waals surface area (Å²) < 4.78 is 38.9. The molecule has 0 unspecified atom stereocenters. The molecule has 1 saturated heterocycles. The zero-order chi connectivity index (χ0) is 22.7. The number of rotatable bonds is 5. The van der Waals surface area contributed by atoms with Gasteiger partial charge in [0.25, 0.3) is 0 Å². The van der Waals surface area contributed by atoms with Gasteiger partial charge in [-0.3, -0.25) is 4.79 Å². The van der Waals surface area contributed by atoms with Gasteiger partial charge in [0.2, 0.25) is 5.91 Å². The van der Waals surface area contributed by atoms with Gasteiger partial charge in [0, 0.05) is 42.9 Å². The molecule has 0 saturated carbocycles. The van der Waals surface area contributed by atoms with Gasteiger partial charge in [-0.2, -0.15) is 13.2 Å². The molecule has 0 spiro atoms. The summed E-state index contributed by atoms with van der Waals surface area (Å²) in [4.78, 5) is 25.2. The first-order valence-electron chi connectivity index (χ1n) is 10.1. The van der Waals surface area contributed by atoms with Crippen LogP contribution in [0.4, 0.5) is 29.8 Å². The Hall–Kier alpha value is -3.14. The minimum Gasteiger partial charge on any atom is -0.368 e. The standard InChI is InChI=1S/C22H22F3N5OS/c1-15-4-2-7-19(26-15)28-21-27-17(14-32-21)13-20(31)30-10-8-29(9-11-30)18-6-3-5-16(12-18)22(23,24)25/h2-7,12,14H,8-11,13H2,1H3,(H,26,27,28). The zero-order valence-corrected chi connectivity index (χ0v) is 18.2. The van der Waals surface area contributed by atoms with Crippen molar-refractivity contribution in [1.29, 1.82) is 0 Å². The van der Waals surface area contributed by atoms with Crippen LogP contribution < -0.4 is 10.2 Å². The lowest BCUT2D eigenvalue weighted by Gasteiger charge is -2.36. The summed E-state index contributed by atoms with van der Waals surface area (Å²) in [7, 11) is 0. The molecule has 10 heteroatoms. The van der Waals surface area contributed by atoms with Gasteiger partial charge in [-0.25, -0.2) is 9.97 Å². The number of nitrogens with zero attached hydrogens (tertiary/aromatic N) is 4. The van der Waals surface area contributed by atoms with Gasteiger partial charge in [-0.15, -0.1) is 11.3 Å². The number of carbonyl (C=O) groups excluding carboxylic acids is 1. The number of benzene rings is 1. The lowest BCUT2D eigenvalue weighted by atomic mass is 10.1. The maximum Gasteiger partial charge on any atom is 0.416 e. The molecule has 0 atom stereocenters. The minimum atomic E-state index is -4.37. The van der Waals surface area contributed by atoms with Gasteiger partial charge in [0.1, 0.15) is 5.82 Å². The largest absolute Gasteiger partial charge is 0.416 e. The molecule has 3 heterocycles. The van der Waals surface area contributed by atoms with Crippen LogP contribution in [0.5, 0.6) is 0 Å². The second-order valence-electron chi connectivity index (χ2n) is 7.53. The molecular weight excluding hydrogens is 439 g/mol. The Bertz CT molecular complexity index is 1090. The summed E-state index contributed by atoms with van der Waals surface area (Å²) in [5.41, 5.74) is 1.43. The van der Waals surface area contributed by atoms with E-state index in [1.807, 2.05) is 35.4 Å². The average Bonchev–Trinajstić information content (AvgIpc) is 3.20. The summed E-state index contributed by atoms with van der Waals surface area (Å²) >= 11 is 1.41. The fourth-order valence-electron chi connectivity index (χ4n) is 3.53. The summed E-state index contributed by atoms with van der Waals surface area (Å²) in [6, 6.07) is 11.0. The number of anilines is 3. The second-order valence-corrected chi connectivity index (χ2v) is 8.38. The van der Waals surface area contributed by atoms with Crippen LogP contribution in [-0.4, -0.2) is 47.0 Å². The third-order valence-electron chi connectivity index (χ3n) is 5.18. The molecule has 1 fully saturated rings. The number of thiazole rings is 1. The highest BCUT2D eigenvalue weighted by atomic mass is 32.1. The Kier molecular flexibility index (Phi) is 6.31. The second kappa shape index (κ2) is 9.15. The van der Waals surface area contributed by atoms with E-state index in [1.54, 1.807) is 11.0 Å². The van der Waals surface area contributed by atoms with E-state index in [0.717, 1.165) is 17.8 Å². The Labute approximate surface area is 187 Å². The number of hydrogen-bond acceptors (Lipinski definition) is 6. The van der Waals surface area contributed by atoms with E-state index in [1.165, 1.54) is 17.4 Å². The minimum absolute atomic E-state index is 0.0424. The summed E-state index contributed by atoms with van der Waals surface area (Å²) in [6.45, 7) is 3.78. The smallest absolute Gasteiger partial charge is 0.368 e. The fourth-order valence-corrected chi connectivity index (χ4v) is 4.24. The van der Waals surface area contributed by atoms with E-state index in [9.17, 15) is 18.0 Å². The number of pyridine rings is 1. The van der Waals surface area contributed by atoms with Crippen LogP contribution in [0.15, 0.2) is 47.8 Å². The van der Waals surface area contributed by atoms with Crippen LogP contribution in [0.3, 0.4) is 0 Å². The third kappa shape index (κ3) is 5.37. The molecule has 0 radical (unpaired) electrons. The predicted octanol–water partition coefficient (Wildman–Crippen LogP) is 4.50. The average molecular weight is 462 g/mol. The predicted molar refractivity (Wildman–Crippen MR) is 118 cm³/mol. The molecular formula is C22H22F3N5OS. The van der Waals surface area contributed by atoms with Crippen molar-refractivity contribution in [2.45, 2.75) is 19.5 Å². The lowest BCUT2D eigenvalue weighted by Crippen LogP contribution is -2.49. The number of alkyl halides is 3. The highest BCUT2D eigenvalue weighted by molar-refractivity contribution is 7.13. The van der Waals surface area contributed by atoms with Crippen LogP contribution in [-0.2, 0) is 17.4 Å². The molecule has 0 bridgehead atoms. The van der Waals surface area contributed by atoms with Crippen LogP contribution >= 0.6 is 11.3 Å². The molecule has 1 amide bonds. The number of aryl methyl sites for hydroxylation is 1. The van der Waals surface area contributed by atoms with Crippen molar-refractivity contribution >= 4 is 33.9 Å². The topological polar surface area (TPSA) is 61.4 Å². The first-order valence-corrected chi connectivity index (χ1v) is 11.0.